The summed E-state index contributed by atoms with van der Waals surface area (Å²) >= 11 is 0. The Hall–Kier alpha value is -3.23. The van der Waals surface area contributed by atoms with Gasteiger partial charge in [-0.15, -0.1) is 0 Å². The molecule has 3 N–H and O–H groups in total. The molecule has 0 saturated heterocycles. The van der Waals surface area contributed by atoms with Crippen LogP contribution in [0.5, 0.6) is 17.2 Å². The van der Waals surface area contributed by atoms with Crippen molar-refractivity contribution in [3.63, 3.8) is 0 Å². The van der Waals surface area contributed by atoms with Gasteiger partial charge in [0.2, 0.25) is 5.75 Å². The van der Waals surface area contributed by atoms with Gasteiger partial charge in [0.25, 0.3) is 6.10 Å². The highest BCUT2D eigenvalue weighted by atomic mass is 16.6. The molecule has 0 aliphatic heterocycles. The minimum absolute atomic E-state index is 0.0892. The van der Waals surface area contributed by atoms with Crippen LogP contribution in [-0.4, -0.2) is 53.6 Å². The van der Waals surface area contributed by atoms with Gasteiger partial charge in [0.15, 0.2) is 11.5 Å². The molecule has 0 spiro atoms. The van der Waals surface area contributed by atoms with Crippen LogP contribution in [0.3, 0.4) is 0 Å². The first-order valence-electron chi connectivity index (χ1n) is 6.09. The Bertz CT molecular complexity index is 609. The third-order valence-electron chi connectivity index (χ3n) is 2.60. The van der Waals surface area contributed by atoms with E-state index in [1.165, 1.54) is 32.4 Å². The summed E-state index contributed by atoms with van der Waals surface area (Å²) < 4.78 is 14.1. The van der Waals surface area contributed by atoms with Crippen LogP contribution < -0.4 is 9.47 Å². The van der Waals surface area contributed by atoms with E-state index in [9.17, 15) is 19.5 Å². The summed E-state index contributed by atoms with van der Waals surface area (Å²) in [6.45, 7) is 0. The smallest absolute Gasteiger partial charge is 0.356 e. The third-order valence-corrected chi connectivity index (χ3v) is 2.60. The zero-order valence-electron chi connectivity index (χ0n) is 12.2. The van der Waals surface area contributed by atoms with Crippen molar-refractivity contribution in [1.82, 2.24) is 0 Å². The van der Waals surface area contributed by atoms with Crippen molar-refractivity contribution in [2.75, 3.05) is 14.2 Å². The lowest BCUT2D eigenvalue weighted by molar-refractivity contribution is -0.172. The van der Waals surface area contributed by atoms with Crippen LogP contribution in [0.1, 0.15) is 5.56 Å². The standard InChI is InChI=1S/C14H14O9/c1-21-8-5-7(6-9(22-2)11(8)16)3-4-10(15)23-12(13(17)18)14(19)20/h3-6,12,16H,1-2H3,(H,17,18)(H,19,20)/b4-3+. The molecule has 0 bridgehead atoms. The van der Waals surface area contributed by atoms with Crippen molar-refractivity contribution in [2.24, 2.45) is 0 Å². The average molecular weight is 326 g/mol. The molecule has 1 rings (SSSR count). The number of benzene rings is 1. The number of rotatable bonds is 7. The van der Waals surface area contributed by atoms with E-state index in [1.54, 1.807) is 0 Å². The van der Waals surface area contributed by atoms with Gasteiger partial charge in [0.05, 0.1) is 14.2 Å². The molecule has 1 aromatic rings. The van der Waals surface area contributed by atoms with Crippen molar-refractivity contribution in [1.29, 1.82) is 0 Å². The second kappa shape index (κ2) is 7.69. The summed E-state index contributed by atoms with van der Waals surface area (Å²) in [7, 11) is 2.64. The maximum atomic E-state index is 11.5. The molecule has 124 valence electrons. The Morgan fingerprint density at radius 1 is 1.04 bits per heavy atom. The van der Waals surface area contributed by atoms with Crippen LogP contribution in [0, 0.1) is 0 Å². The van der Waals surface area contributed by atoms with Crippen LogP contribution in [0.15, 0.2) is 18.2 Å². The molecule has 0 aliphatic rings. The lowest BCUT2D eigenvalue weighted by Gasteiger charge is -2.09. The maximum absolute atomic E-state index is 11.5. The molecule has 0 saturated carbocycles. The first-order valence-corrected chi connectivity index (χ1v) is 6.09. The third kappa shape index (κ3) is 4.63. The maximum Gasteiger partial charge on any atom is 0.356 e. The largest absolute Gasteiger partial charge is 0.502 e. The van der Waals surface area contributed by atoms with Gasteiger partial charge < -0.3 is 29.5 Å². The van der Waals surface area contributed by atoms with Gasteiger partial charge in [0, 0.05) is 6.08 Å². The predicted octanol–water partition coefficient (Wildman–Crippen LogP) is 0.504. The van der Waals surface area contributed by atoms with Crippen molar-refractivity contribution >= 4 is 24.0 Å². The predicted molar refractivity (Wildman–Crippen MR) is 75.4 cm³/mol. The first kappa shape index (κ1) is 17.8. The Kier molecular flexibility index (Phi) is 5.95. The highest BCUT2D eigenvalue weighted by molar-refractivity contribution is 5.99. The van der Waals surface area contributed by atoms with E-state index in [2.05, 4.69) is 4.74 Å². The minimum atomic E-state index is -2.30. The summed E-state index contributed by atoms with van der Waals surface area (Å²) in [4.78, 5) is 32.7. The monoisotopic (exact) mass is 326 g/mol. The van der Waals surface area contributed by atoms with Crippen LogP contribution in [-0.2, 0) is 19.1 Å². The SMILES string of the molecule is COc1cc(/C=C/C(=O)OC(C(=O)O)C(=O)O)cc(OC)c1O. The van der Waals surface area contributed by atoms with E-state index < -0.39 is 24.0 Å². The molecule has 0 aromatic heterocycles. The molecule has 0 heterocycles. The van der Waals surface area contributed by atoms with Crippen LogP contribution >= 0.6 is 0 Å². The van der Waals surface area contributed by atoms with Crippen LogP contribution in [0.2, 0.25) is 0 Å². The average Bonchev–Trinajstić information content (AvgIpc) is 2.50. The number of esters is 1. The number of hydrogen-bond acceptors (Lipinski definition) is 7. The zero-order valence-corrected chi connectivity index (χ0v) is 12.2. The number of carbonyl (C=O) groups excluding carboxylic acids is 1. The number of phenolic OH excluding ortho intramolecular Hbond substituents is 1. The number of carboxylic acids is 2. The molecule has 23 heavy (non-hydrogen) atoms. The van der Waals surface area contributed by atoms with E-state index in [0.717, 1.165) is 6.08 Å². The topological polar surface area (TPSA) is 140 Å². The molecule has 0 aliphatic carbocycles. The summed E-state index contributed by atoms with van der Waals surface area (Å²) in [6.07, 6.45) is -0.242. The van der Waals surface area contributed by atoms with Crippen LogP contribution in [0.25, 0.3) is 6.08 Å². The number of aliphatic carboxylic acids is 2. The van der Waals surface area contributed by atoms with Gasteiger partial charge in [0.1, 0.15) is 0 Å². The number of carboxylic acid groups (broad SMARTS) is 2. The van der Waals surface area contributed by atoms with Crippen molar-refractivity contribution in [3.8, 4) is 17.2 Å². The van der Waals surface area contributed by atoms with E-state index >= 15 is 0 Å². The second-order valence-corrected chi connectivity index (χ2v) is 4.10. The molecular formula is C14H14O9. The first-order chi connectivity index (χ1) is 10.8. The molecule has 0 fully saturated rings. The fourth-order valence-electron chi connectivity index (χ4n) is 1.54. The lowest BCUT2D eigenvalue weighted by atomic mass is 10.1. The van der Waals surface area contributed by atoms with Gasteiger partial charge in [-0.1, -0.05) is 0 Å². The Morgan fingerprint density at radius 3 is 1.91 bits per heavy atom. The van der Waals surface area contributed by atoms with E-state index in [1.807, 2.05) is 0 Å². The quantitative estimate of drug-likeness (QED) is 0.371. The summed E-state index contributed by atoms with van der Waals surface area (Å²) in [5, 5.41) is 26.9. The zero-order chi connectivity index (χ0) is 17.6. The fourth-order valence-corrected chi connectivity index (χ4v) is 1.54. The molecule has 0 atom stereocenters. The summed E-state index contributed by atoms with van der Waals surface area (Å²) in [5.74, 6) is -4.81. The highest BCUT2D eigenvalue weighted by Crippen LogP contribution is 2.37. The molecular weight excluding hydrogens is 312 g/mol. The number of aromatic hydroxyl groups is 1. The Balaban J connectivity index is 2.94. The lowest BCUT2D eigenvalue weighted by Crippen LogP contribution is -2.34. The Morgan fingerprint density at radius 2 is 1.52 bits per heavy atom. The number of ether oxygens (including phenoxy) is 3. The second-order valence-electron chi connectivity index (χ2n) is 4.10. The molecule has 9 heteroatoms. The van der Waals surface area contributed by atoms with Crippen molar-refractivity contribution in [3.05, 3.63) is 23.8 Å². The molecule has 1 aromatic carbocycles. The van der Waals surface area contributed by atoms with Crippen molar-refractivity contribution in [2.45, 2.75) is 6.10 Å². The van der Waals surface area contributed by atoms with E-state index in [0.29, 0.717) is 5.56 Å². The van der Waals surface area contributed by atoms with Gasteiger partial charge >= 0.3 is 17.9 Å². The highest BCUT2D eigenvalue weighted by Gasteiger charge is 2.29. The van der Waals surface area contributed by atoms with E-state index in [-0.39, 0.29) is 17.2 Å². The van der Waals surface area contributed by atoms with Gasteiger partial charge in [-0.05, 0) is 23.8 Å². The summed E-state index contributed by atoms with van der Waals surface area (Å²) in [6, 6.07) is 2.76. The number of carbonyl (C=O) groups is 3. The molecule has 0 radical (unpaired) electrons. The van der Waals surface area contributed by atoms with Gasteiger partial charge in [-0.25, -0.2) is 14.4 Å². The van der Waals surface area contributed by atoms with Crippen LogP contribution in [0.4, 0.5) is 0 Å². The van der Waals surface area contributed by atoms with Gasteiger partial charge in [-0.2, -0.15) is 0 Å². The van der Waals surface area contributed by atoms with Gasteiger partial charge in [-0.3, -0.25) is 0 Å². The minimum Gasteiger partial charge on any atom is -0.502 e. The Labute approximate surface area is 130 Å². The number of hydrogen-bond donors (Lipinski definition) is 3. The normalized spacial score (nSPS) is 10.6. The number of phenols is 1. The fraction of sp³-hybridized carbons (Fsp3) is 0.214. The van der Waals surface area contributed by atoms with E-state index in [4.69, 9.17) is 19.7 Å². The molecule has 0 amide bonds. The molecule has 9 nitrogen and oxygen atoms in total. The molecule has 0 unspecified atom stereocenters. The van der Waals surface area contributed by atoms with Crippen molar-refractivity contribution < 1.29 is 43.9 Å². The summed E-state index contributed by atoms with van der Waals surface area (Å²) in [5.41, 5.74) is 0.371. The number of methoxy groups -OCH3 is 2.